The van der Waals surface area contributed by atoms with E-state index in [0.29, 0.717) is 12.4 Å². The number of hydrogen-bond acceptors (Lipinski definition) is 4. The second-order valence-corrected chi connectivity index (χ2v) is 5.27. The monoisotopic (exact) mass is 285 g/mol. The lowest BCUT2D eigenvalue weighted by Gasteiger charge is -2.26. The molecule has 0 fully saturated rings. The van der Waals surface area contributed by atoms with Crippen molar-refractivity contribution in [2.45, 2.75) is 32.2 Å². The molecule has 5 nitrogen and oxygen atoms in total. The van der Waals surface area contributed by atoms with Gasteiger partial charge in [0.2, 0.25) is 0 Å². The van der Waals surface area contributed by atoms with Crippen LogP contribution in [-0.4, -0.2) is 22.1 Å². The first-order valence-electron chi connectivity index (χ1n) is 7.27. The molecule has 0 amide bonds. The van der Waals surface area contributed by atoms with Gasteiger partial charge in [0.05, 0.1) is 12.9 Å². The van der Waals surface area contributed by atoms with E-state index >= 15 is 0 Å². The first kappa shape index (κ1) is 13.7. The van der Waals surface area contributed by atoms with Gasteiger partial charge in [-0.15, -0.1) is 0 Å². The van der Waals surface area contributed by atoms with E-state index in [1.165, 1.54) is 11.1 Å². The van der Waals surface area contributed by atoms with Crippen LogP contribution in [0.15, 0.2) is 30.6 Å². The molecule has 1 aromatic carbocycles. The molecular weight excluding hydrogens is 266 g/mol. The Morgan fingerprint density at radius 2 is 2.19 bits per heavy atom. The quantitative estimate of drug-likeness (QED) is 0.879. The van der Waals surface area contributed by atoms with E-state index in [-0.39, 0.29) is 11.7 Å². The number of ether oxygens (including phenoxy) is 1. The molecule has 2 N–H and O–H groups in total. The zero-order valence-electron chi connectivity index (χ0n) is 12.1. The lowest BCUT2D eigenvalue weighted by molar-refractivity contribution is 0.0521. The van der Waals surface area contributed by atoms with Crippen LogP contribution in [0, 0.1) is 0 Å². The van der Waals surface area contributed by atoms with Crippen LogP contribution in [0.4, 0.5) is 5.82 Å². The van der Waals surface area contributed by atoms with E-state index in [1.807, 2.05) is 4.57 Å². The minimum absolute atomic E-state index is 0.218. The standard InChI is InChI=1S/C16H19N3O2/c1-2-21-16(20)14-15(17)19(10-18-14)13-8-7-11-5-3-4-6-12(11)9-13/h3-6,10,13H,2,7-9,17H2,1H3. The zero-order chi connectivity index (χ0) is 14.8. The normalized spacial score (nSPS) is 17.3. The lowest BCUT2D eigenvalue weighted by Crippen LogP contribution is -2.20. The number of benzene rings is 1. The number of carbonyl (C=O) groups excluding carboxylic acids is 1. The Morgan fingerprint density at radius 1 is 1.43 bits per heavy atom. The van der Waals surface area contributed by atoms with Gasteiger partial charge < -0.3 is 15.0 Å². The SMILES string of the molecule is CCOC(=O)c1ncn(C2CCc3ccccc3C2)c1N. The van der Waals surface area contributed by atoms with Gasteiger partial charge in [-0.3, -0.25) is 0 Å². The lowest BCUT2D eigenvalue weighted by atomic mass is 9.88. The maximum Gasteiger partial charge on any atom is 0.360 e. The van der Waals surface area contributed by atoms with Gasteiger partial charge in [0.25, 0.3) is 0 Å². The predicted octanol–water partition coefficient (Wildman–Crippen LogP) is 2.37. The van der Waals surface area contributed by atoms with E-state index in [4.69, 9.17) is 10.5 Å². The maximum absolute atomic E-state index is 11.8. The fourth-order valence-corrected chi connectivity index (χ4v) is 2.93. The van der Waals surface area contributed by atoms with Crippen molar-refractivity contribution in [1.29, 1.82) is 0 Å². The van der Waals surface area contributed by atoms with Gasteiger partial charge in [0, 0.05) is 6.04 Å². The van der Waals surface area contributed by atoms with E-state index < -0.39 is 5.97 Å². The number of anilines is 1. The van der Waals surface area contributed by atoms with Gasteiger partial charge in [0.15, 0.2) is 5.69 Å². The Bertz CT molecular complexity index is 663. The van der Waals surface area contributed by atoms with Gasteiger partial charge in [-0.2, -0.15) is 0 Å². The topological polar surface area (TPSA) is 70.1 Å². The number of nitrogens with zero attached hydrogens (tertiary/aromatic N) is 2. The highest BCUT2D eigenvalue weighted by molar-refractivity contribution is 5.92. The average Bonchev–Trinajstić information content (AvgIpc) is 2.89. The van der Waals surface area contributed by atoms with Crippen LogP contribution in [0.5, 0.6) is 0 Å². The molecule has 1 aliphatic rings. The summed E-state index contributed by atoms with van der Waals surface area (Å²) >= 11 is 0. The molecule has 3 rings (SSSR count). The summed E-state index contributed by atoms with van der Waals surface area (Å²) in [7, 11) is 0. The van der Waals surface area contributed by atoms with Gasteiger partial charge in [-0.1, -0.05) is 24.3 Å². The average molecular weight is 285 g/mol. The molecule has 0 spiro atoms. The molecule has 1 atom stereocenters. The van der Waals surface area contributed by atoms with Crippen molar-refractivity contribution in [2.75, 3.05) is 12.3 Å². The van der Waals surface area contributed by atoms with Crippen LogP contribution >= 0.6 is 0 Å². The number of aryl methyl sites for hydroxylation is 1. The molecule has 0 saturated heterocycles. The Hall–Kier alpha value is -2.30. The van der Waals surface area contributed by atoms with Crippen LogP contribution in [0.2, 0.25) is 0 Å². The fourth-order valence-electron chi connectivity index (χ4n) is 2.93. The Kier molecular flexibility index (Phi) is 3.64. The number of nitrogen functional groups attached to an aromatic ring is 1. The van der Waals surface area contributed by atoms with Crippen molar-refractivity contribution in [2.24, 2.45) is 0 Å². The highest BCUT2D eigenvalue weighted by atomic mass is 16.5. The molecule has 0 bridgehead atoms. The highest BCUT2D eigenvalue weighted by Crippen LogP contribution is 2.31. The van der Waals surface area contributed by atoms with E-state index in [2.05, 4.69) is 29.2 Å². The maximum atomic E-state index is 11.8. The second kappa shape index (κ2) is 5.60. The van der Waals surface area contributed by atoms with Crippen molar-refractivity contribution in [3.8, 4) is 0 Å². The van der Waals surface area contributed by atoms with Gasteiger partial charge in [-0.25, -0.2) is 9.78 Å². The largest absolute Gasteiger partial charge is 0.461 e. The van der Waals surface area contributed by atoms with Gasteiger partial charge in [0.1, 0.15) is 5.82 Å². The van der Waals surface area contributed by atoms with Crippen LogP contribution in [0.1, 0.15) is 41.0 Å². The van der Waals surface area contributed by atoms with Crippen LogP contribution in [0.3, 0.4) is 0 Å². The van der Waals surface area contributed by atoms with Crippen molar-refractivity contribution in [1.82, 2.24) is 9.55 Å². The first-order valence-corrected chi connectivity index (χ1v) is 7.27. The first-order chi connectivity index (χ1) is 10.2. The molecule has 21 heavy (non-hydrogen) atoms. The molecule has 0 aliphatic heterocycles. The van der Waals surface area contributed by atoms with Crippen molar-refractivity contribution in [3.05, 3.63) is 47.4 Å². The number of hydrogen-bond donors (Lipinski definition) is 1. The molecule has 110 valence electrons. The summed E-state index contributed by atoms with van der Waals surface area (Å²) < 4.78 is 6.88. The number of aromatic nitrogens is 2. The molecule has 1 aliphatic carbocycles. The Labute approximate surface area is 123 Å². The van der Waals surface area contributed by atoms with Crippen molar-refractivity contribution >= 4 is 11.8 Å². The molecule has 5 heteroatoms. The molecule has 1 heterocycles. The van der Waals surface area contributed by atoms with E-state index in [0.717, 1.165) is 19.3 Å². The molecule has 2 aromatic rings. The summed E-state index contributed by atoms with van der Waals surface area (Å²) in [5, 5.41) is 0. The number of rotatable bonds is 3. The van der Waals surface area contributed by atoms with Gasteiger partial charge >= 0.3 is 5.97 Å². The summed E-state index contributed by atoms with van der Waals surface area (Å²) in [5.41, 5.74) is 9.05. The Balaban J connectivity index is 1.84. The summed E-state index contributed by atoms with van der Waals surface area (Å²) in [6.07, 6.45) is 4.59. The number of nitrogens with two attached hydrogens (primary N) is 1. The Morgan fingerprint density at radius 3 is 2.95 bits per heavy atom. The molecule has 0 saturated carbocycles. The van der Waals surface area contributed by atoms with Crippen LogP contribution < -0.4 is 5.73 Å². The van der Waals surface area contributed by atoms with Crippen LogP contribution in [0.25, 0.3) is 0 Å². The summed E-state index contributed by atoms with van der Waals surface area (Å²) in [6.45, 7) is 2.09. The number of imidazole rings is 1. The molecule has 1 aromatic heterocycles. The number of fused-ring (bicyclic) bond motifs is 1. The van der Waals surface area contributed by atoms with E-state index in [1.54, 1.807) is 13.3 Å². The zero-order valence-corrected chi connectivity index (χ0v) is 12.1. The smallest absolute Gasteiger partial charge is 0.360 e. The summed E-state index contributed by atoms with van der Waals surface area (Å²) in [4.78, 5) is 15.9. The minimum Gasteiger partial charge on any atom is -0.461 e. The van der Waals surface area contributed by atoms with Gasteiger partial charge in [-0.05, 0) is 37.3 Å². The highest BCUT2D eigenvalue weighted by Gasteiger charge is 2.24. The van der Waals surface area contributed by atoms with Crippen molar-refractivity contribution < 1.29 is 9.53 Å². The third-order valence-corrected chi connectivity index (χ3v) is 4.02. The summed E-state index contributed by atoms with van der Waals surface area (Å²) in [6, 6.07) is 8.70. The fraction of sp³-hybridized carbons (Fsp3) is 0.375. The predicted molar refractivity (Wildman–Crippen MR) is 80.1 cm³/mol. The third kappa shape index (κ3) is 2.51. The molecule has 0 radical (unpaired) electrons. The molecular formula is C16H19N3O2. The van der Waals surface area contributed by atoms with E-state index in [9.17, 15) is 4.79 Å². The van der Waals surface area contributed by atoms with Crippen molar-refractivity contribution in [3.63, 3.8) is 0 Å². The number of carbonyl (C=O) groups is 1. The number of esters is 1. The summed E-state index contributed by atoms with van der Waals surface area (Å²) in [5.74, 6) is -0.0530. The van der Waals surface area contributed by atoms with Crippen LogP contribution in [-0.2, 0) is 17.6 Å². The minimum atomic E-state index is -0.454. The third-order valence-electron chi connectivity index (χ3n) is 4.02. The second-order valence-electron chi connectivity index (χ2n) is 5.27. The molecule has 1 unspecified atom stereocenters.